The Morgan fingerprint density at radius 2 is 2.09 bits per heavy atom. The van der Waals surface area contributed by atoms with E-state index in [0.717, 1.165) is 12.8 Å². The molecule has 1 saturated carbocycles. The molecule has 0 bridgehead atoms. The average Bonchev–Trinajstić information content (AvgIpc) is 3.44. The second-order valence-corrected chi connectivity index (χ2v) is 11.6. The molecule has 1 aromatic carbocycles. The topological polar surface area (TPSA) is 129 Å². The molecule has 3 aromatic rings. The summed E-state index contributed by atoms with van der Waals surface area (Å²) in [6, 6.07) is 3.99. The summed E-state index contributed by atoms with van der Waals surface area (Å²) >= 11 is 1.29. The van der Waals surface area contributed by atoms with Gasteiger partial charge in [-0.15, -0.1) is 0 Å². The molecule has 1 aliphatic carbocycles. The van der Waals surface area contributed by atoms with Crippen LogP contribution in [0.2, 0.25) is 0 Å². The first-order chi connectivity index (χ1) is 15.1. The van der Waals surface area contributed by atoms with Crippen molar-refractivity contribution in [1.82, 2.24) is 19.9 Å². The maximum absolute atomic E-state index is 14.9. The van der Waals surface area contributed by atoms with Gasteiger partial charge in [0.15, 0.2) is 9.84 Å². The fourth-order valence-electron chi connectivity index (χ4n) is 4.72. The van der Waals surface area contributed by atoms with E-state index in [4.69, 9.17) is 5.41 Å². The van der Waals surface area contributed by atoms with Gasteiger partial charge in [-0.05, 0) is 38.0 Å². The van der Waals surface area contributed by atoms with E-state index in [0.29, 0.717) is 23.5 Å². The number of carbonyl (C=O) groups excluding carboxylic acids is 1. The summed E-state index contributed by atoms with van der Waals surface area (Å²) in [6.07, 6.45) is 3.80. The number of amidine groups is 1. The Morgan fingerprint density at radius 1 is 1.34 bits per heavy atom. The van der Waals surface area contributed by atoms with Crippen LogP contribution in [0.3, 0.4) is 0 Å². The molecule has 1 spiro atoms. The average molecular weight is 477 g/mol. The molecular formula is C20H21FN6O3S2. The largest absolute Gasteiger partial charge is 0.362 e. The van der Waals surface area contributed by atoms with Crippen molar-refractivity contribution in [1.29, 1.82) is 5.41 Å². The molecule has 0 unspecified atom stereocenters. The first kappa shape index (κ1) is 21.0. The zero-order valence-electron chi connectivity index (χ0n) is 17.2. The van der Waals surface area contributed by atoms with E-state index < -0.39 is 31.8 Å². The molecule has 2 aliphatic rings. The zero-order chi connectivity index (χ0) is 22.7. The van der Waals surface area contributed by atoms with E-state index in [1.54, 1.807) is 12.4 Å². The van der Waals surface area contributed by atoms with E-state index in [2.05, 4.69) is 20.7 Å². The number of aromatic nitrogens is 3. The third-order valence-corrected chi connectivity index (χ3v) is 9.83. The molecule has 1 saturated heterocycles. The molecule has 5 rings (SSSR count). The Bertz CT molecular complexity index is 1330. The smallest absolute Gasteiger partial charge is 0.275 e. The third kappa shape index (κ3) is 3.12. The van der Waals surface area contributed by atoms with Crippen molar-refractivity contribution in [3.63, 3.8) is 0 Å². The molecule has 0 radical (unpaired) electrons. The van der Waals surface area contributed by atoms with Crippen LogP contribution in [-0.4, -0.2) is 45.3 Å². The normalized spacial score (nSPS) is 24.0. The van der Waals surface area contributed by atoms with Gasteiger partial charge in [0.1, 0.15) is 27.6 Å². The molecule has 2 fully saturated rings. The third-order valence-electron chi connectivity index (χ3n) is 6.38. The van der Waals surface area contributed by atoms with Gasteiger partial charge in [-0.1, -0.05) is 24.2 Å². The number of hydrogen-bond donors (Lipinski definition) is 3. The second-order valence-electron chi connectivity index (χ2n) is 8.53. The van der Waals surface area contributed by atoms with Crippen LogP contribution >= 0.6 is 11.3 Å². The van der Waals surface area contributed by atoms with E-state index >= 15 is 0 Å². The minimum Gasteiger partial charge on any atom is -0.362 e. The molecule has 3 heterocycles. The highest BCUT2D eigenvalue weighted by molar-refractivity contribution is 7.93. The van der Waals surface area contributed by atoms with Crippen LogP contribution in [0.25, 0.3) is 4.96 Å². The second kappa shape index (κ2) is 7.07. The van der Waals surface area contributed by atoms with Crippen LogP contribution in [-0.2, 0) is 15.4 Å². The first-order valence-electron chi connectivity index (χ1n) is 10.1. The van der Waals surface area contributed by atoms with Crippen molar-refractivity contribution >= 4 is 43.6 Å². The van der Waals surface area contributed by atoms with Gasteiger partial charge in [-0.2, -0.15) is 5.10 Å². The van der Waals surface area contributed by atoms with E-state index in [9.17, 15) is 17.6 Å². The lowest BCUT2D eigenvalue weighted by atomic mass is 9.90. The predicted octanol–water partition coefficient (Wildman–Crippen LogP) is 2.71. The monoisotopic (exact) mass is 476 g/mol. The summed E-state index contributed by atoms with van der Waals surface area (Å²) in [6.45, 7) is 1.57. The maximum atomic E-state index is 14.9. The molecular weight excluding hydrogens is 455 g/mol. The van der Waals surface area contributed by atoms with Gasteiger partial charge in [0.05, 0.1) is 17.5 Å². The number of sulfone groups is 1. The molecule has 168 valence electrons. The van der Waals surface area contributed by atoms with Crippen molar-refractivity contribution in [2.75, 3.05) is 11.1 Å². The van der Waals surface area contributed by atoms with Crippen molar-refractivity contribution in [2.45, 2.75) is 42.9 Å². The van der Waals surface area contributed by atoms with Crippen LogP contribution in [0.5, 0.6) is 0 Å². The van der Waals surface area contributed by atoms with Gasteiger partial charge >= 0.3 is 0 Å². The Kier molecular flexibility index (Phi) is 4.64. The number of halogens is 1. The van der Waals surface area contributed by atoms with Gasteiger partial charge in [0.2, 0.25) is 4.96 Å². The Hall–Kier alpha value is -2.86. The lowest BCUT2D eigenvalue weighted by Crippen LogP contribution is -2.65. The molecule has 9 nitrogen and oxygen atoms in total. The fraction of sp³-hybridized carbons (Fsp3) is 0.400. The Morgan fingerprint density at radius 3 is 2.78 bits per heavy atom. The highest BCUT2D eigenvalue weighted by Gasteiger charge is 2.57. The molecule has 1 amide bonds. The van der Waals surface area contributed by atoms with Gasteiger partial charge in [0, 0.05) is 11.3 Å². The van der Waals surface area contributed by atoms with Crippen molar-refractivity contribution in [2.24, 2.45) is 0 Å². The van der Waals surface area contributed by atoms with Crippen LogP contribution in [0, 0.1) is 11.2 Å². The molecule has 32 heavy (non-hydrogen) atoms. The number of fused-ring (bicyclic) bond motifs is 1. The predicted molar refractivity (Wildman–Crippen MR) is 118 cm³/mol. The minimum absolute atomic E-state index is 0.0731. The maximum Gasteiger partial charge on any atom is 0.275 e. The van der Waals surface area contributed by atoms with Crippen molar-refractivity contribution in [3.8, 4) is 0 Å². The van der Waals surface area contributed by atoms with Gasteiger partial charge in [0.25, 0.3) is 5.91 Å². The van der Waals surface area contributed by atoms with Gasteiger partial charge < -0.3 is 10.6 Å². The molecule has 2 aromatic heterocycles. The summed E-state index contributed by atoms with van der Waals surface area (Å²) in [5.41, 5.74) is 0.794. The molecule has 3 N–H and O–H groups in total. The minimum atomic E-state index is -3.69. The van der Waals surface area contributed by atoms with Crippen LogP contribution in [0.15, 0.2) is 29.9 Å². The number of rotatable bonds is 3. The lowest BCUT2D eigenvalue weighted by molar-refractivity contribution is 0.102. The highest BCUT2D eigenvalue weighted by Crippen LogP contribution is 2.44. The summed E-state index contributed by atoms with van der Waals surface area (Å²) < 4.78 is 41.6. The Labute approximate surface area is 187 Å². The first-order valence-corrected chi connectivity index (χ1v) is 12.7. The van der Waals surface area contributed by atoms with Crippen molar-refractivity contribution < 1.29 is 17.6 Å². The highest BCUT2D eigenvalue weighted by atomic mass is 32.2. The van der Waals surface area contributed by atoms with Crippen LogP contribution < -0.4 is 10.6 Å². The van der Waals surface area contributed by atoms with E-state index in [-0.39, 0.29) is 22.8 Å². The number of anilines is 1. The van der Waals surface area contributed by atoms with Crippen molar-refractivity contribution in [3.05, 3.63) is 47.0 Å². The summed E-state index contributed by atoms with van der Waals surface area (Å²) in [4.78, 5) is 17.4. The number of amides is 1. The molecule has 1 aliphatic heterocycles. The summed E-state index contributed by atoms with van der Waals surface area (Å²) in [5, 5.41) is 18.2. The molecule has 12 heteroatoms. The standard InChI is InChI=1S/C20H21FN6O3S2/c1-19(10-32(29,30)20(17(22)26-19)6-2-3-7-20)13-8-12(4-5-14(13)21)24-16(28)15-9-27-18(25-15)31-11-23-27/h4-5,8-9,11H,2-3,6-7,10H2,1H3,(H2,22,26)(H,24,28)/t19-/m0/s1. The number of benzene rings is 1. The van der Waals surface area contributed by atoms with Crippen LogP contribution in [0.1, 0.15) is 48.7 Å². The van der Waals surface area contributed by atoms with E-state index in [1.807, 2.05) is 0 Å². The zero-order valence-corrected chi connectivity index (χ0v) is 18.8. The van der Waals surface area contributed by atoms with Gasteiger partial charge in [-0.25, -0.2) is 22.3 Å². The summed E-state index contributed by atoms with van der Waals surface area (Å²) in [5.74, 6) is -1.52. The molecule has 1 atom stereocenters. The number of hydrogen-bond acceptors (Lipinski definition) is 7. The number of nitrogens with zero attached hydrogens (tertiary/aromatic N) is 3. The van der Waals surface area contributed by atoms with Gasteiger partial charge in [-0.3, -0.25) is 10.2 Å². The number of imidazole rings is 1. The Balaban J connectivity index is 1.45. The summed E-state index contributed by atoms with van der Waals surface area (Å²) in [7, 11) is -3.69. The lowest BCUT2D eigenvalue weighted by Gasteiger charge is -2.44. The van der Waals surface area contributed by atoms with E-state index in [1.165, 1.54) is 40.2 Å². The number of nitrogens with one attached hydrogen (secondary N) is 3. The van der Waals surface area contributed by atoms with Crippen LogP contribution in [0.4, 0.5) is 10.1 Å². The SMILES string of the molecule is C[C@@]1(c2cc(NC(=O)c3cn4ncsc4n3)ccc2F)CS(=O)(=O)C2(CCCC2)C(=N)N1. The number of carbonyl (C=O) groups is 1. The fourth-order valence-corrected chi connectivity index (χ4v) is 7.86. The quantitative estimate of drug-likeness (QED) is 0.533.